The maximum atomic E-state index is 5.66. The number of aromatic nitrogens is 2. The van der Waals surface area contributed by atoms with Crippen molar-refractivity contribution in [2.45, 2.75) is 39.8 Å². The minimum absolute atomic E-state index is 0. The standard InChI is InChI=1S/C9H17N5O.HI/c1-6-12-7(15-14-6)5-11-8(10)13-9(2,3)4;/h5H2,1-4H3,(H3,10,11,13);1H. The Morgan fingerprint density at radius 1 is 1.50 bits per heavy atom. The molecule has 0 bridgehead atoms. The maximum Gasteiger partial charge on any atom is 0.248 e. The molecule has 0 saturated carbocycles. The lowest BCUT2D eigenvalue weighted by atomic mass is 10.1. The van der Waals surface area contributed by atoms with Crippen LogP contribution < -0.4 is 11.1 Å². The van der Waals surface area contributed by atoms with Crippen molar-refractivity contribution < 1.29 is 4.52 Å². The van der Waals surface area contributed by atoms with Crippen molar-refractivity contribution in [3.05, 3.63) is 11.7 Å². The SMILES string of the molecule is Cc1noc(CN=C(N)NC(C)(C)C)n1.I. The van der Waals surface area contributed by atoms with Gasteiger partial charge in [-0.3, -0.25) is 0 Å². The Morgan fingerprint density at radius 2 is 2.12 bits per heavy atom. The Morgan fingerprint density at radius 3 is 2.56 bits per heavy atom. The van der Waals surface area contributed by atoms with Crippen molar-refractivity contribution >= 4 is 29.9 Å². The van der Waals surface area contributed by atoms with E-state index in [0.29, 0.717) is 24.2 Å². The first-order valence-electron chi connectivity index (χ1n) is 4.74. The molecule has 0 atom stereocenters. The molecule has 0 unspecified atom stereocenters. The van der Waals surface area contributed by atoms with Gasteiger partial charge in [0.1, 0.15) is 6.54 Å². The van der Waals surface area contributed by atoms with Gasteiger partial charge in [0.2, 0.25) is 5.89 Å². The lowest BCUT2D eigenvalue weighted by Crippen LogP contribution is -2.44. The fraction of sp³-hybridized carbons (Fsp3) is 0.667. The van der Waals surface area contributed by atoms with E-state index in [1.54, 1.807) is 6.92 Å². The highest BCUT2D eigenvalue weighted by molar-refractivity contribution is 14.0. The van der Waals surface area contributed by atoms with Crippen molar-refractivity contribution in [2.75, 3.05) is 0 Å². The molecule has 1 rings (SSSR count). The molecular formula is C9H18IN5O. The molecule has 0 aliphatic rings. The second kappa shape index (κ2) is 6.02. The molecule has 0 aromatic carbocycles. The van der Waals surface area contributed by atoms with E-state index in [-0.39, 0.29) is 29.5 Å². The zero-order valence-corrected chi connectivity index (χ0v) is 12.3. The van der Waals surface area contributed by atoms with Gasteiger partial charge in [-0.15, -0.1) is 24.0 Å². The van der Waals surface area contributed by atoms with E-state index >= 15 is 0 Å². The molecule has 0 radical (unpaired) electrons. The topological polar surface area (TPSA) is 89.3 Å². The van der Waals surface area contributed by atoms with Gasteiger partial charge in [0, 0.05) is 5.54 Å². The summed E-state index contributed by atoms with van der Waals surface area (Å²) >= 11 is 0. The van der Waals surface area contributed by atoms with Gasteiger partial charge in [-0.1, -0.05) is 5.16 Å². The summed E-state index contributed by atoms with van der Waals surface area (Å²) in [6.45, 7) is 8.08. The molecule has 92 valence electrons. The van der Waals surface area contributed by atoms with Gasteiger partial charge < -0.3 is 15.6 Å². The van der Waals surface area contributed by atoms with Crippen LogP contribution in [-0.4, -0.2) is 21.6 Å². The van der Waals surface area contributed by atoms with Crippen LogP contribution in [0.4, 0.5) is 0 Å². The van der Waals surface area contributed by atoms with Crippen LogP contribution >= 0.6 is 24.0 Å². The molecule has 7 heteroatoms. The fourth-order valence-electron chi connectivity index (χ4n) is 0.981. The number of hydrogen-bond acceptors (Lipinski definition) is 4. The second-order valence-corrected chi connectivity index (χ2v) is 4.31. The minimum atomic E-state index is -0.0989. The summed E-state index contributed by atoms with van der Waals surface area (Å²) in [6.07, 6.45) is 0. The highest BCUT2D eigenvalue weighted by atomic mass is 127. The third kappa shape index (κ3) is 5.89. The number of halogens is 1. The van der Waals surface area contributed by atoms with Crippen molar-refractivity contribution in [1.29, 1.82) is 0 Å². The number of guanidine groups is 1. The highest BCUT2D eigenvalue weighted by Gasteiger charge is 2.10. The Hall–Kier alpha value is -0.860. The van der Waals surface area contributed by atoms with Gasteiger partial charge in [0.15, 0.2) is 11.8 Å². The first-order valence-corrected chi connectivity index (χ1v) is 4.74. The molecule has 0 fully saturated rings. The molecule has 0 saturated heterocycles. The highest BCUT2D eigenvalue weighted by Crippen LogP contribution is 1.99. The van der Waals surface area contributed by atoms with Gasteiger partial charge in [-0.05, 0) is 27.7 Å². The van der Waals surface area contributed by atoms with E-state index in [1.807, 2.05) is 20.8 Å². The number of aliphatic imine (C=N–C) groups is 1. The number of hydrogen-bond donors (Lipinski definition) is 2. The maximum absolute atomic E-state index is 5.66. The number of nitrogens with two attached hydrogens (primary N) is 1. The molecule has 0 amide bonds. The quantitative estimate of drug-likeness (QED) is 0.480. The number of nitrogens with zero attached hydrogens (tertiary/aromatic N) is 3. The summed E-state index contributed by atoms with van der Waals surface area (Å²) < 4.78 is 4.89. The second-order valence-electron chi connectivity index (χ2n) is 4.31. The van der Waals surface area contributed by atoms with Gasteiger partial charge in [0.25, 0.3) is 0 Å². The van der Waals surface area contributed by atoms with E-state index in [2.05, 4.69) is 20.4 Å². The normalized spacial score (nSPS) is 12.1. The largest absolute Gasteiger partial charge is 0.370 e. The van der Waals surface area contributed by atoms with Crippen LogP contribution in [0.2, 0.25) is 0 Å². The van der Waals surface area contributed by atoms with Gasteiger partial charge >= 0.3 is 0 Å². The molecule has 16 heavy (non-hydrogen) atoms. The smallest absolute Gasteiger partial charge is 0.248 e. The molecule has 1 aromatic heterocycles. The minimum Gasteiger partial charge on any atom is -0.370 e. The fourth-order valence-corrected chi connectivity index (χ4v) is 0.981. The third-order valence-electron chi connectivity index (χ3n) is 1.46. The number of nitrogens with one attached hydrogen (secondary N) is 1. The number of rotatable bonds is 2. The molecule has 3 N–H and O–H groups in total. The summed E-state index contributed by atoms with van der Waals surface area (Å²) in [4.78, 5) is 8.09. The summed E-state index contributed by atoms with van der Waals surface area (Å²) in [5, 5.41) is 6.69. The first-order chi connectivity index (χ1) is 6.87. The van der Waals surface area contributed by atoms with Gasteiger partial charge in [0.05, 0.1) is 0 Å². The molecule has 0 spiro atoms. The Labute approximate surface area is 112 Å². The van der Waals surface area contributed by atoms with Gasteiger partial charge in [-0.25, -0.2) is 4.99 Å². The van der Waals surface area contributed by atoms with Gasteiger partial charge in [-0.2, -0.15) is 4.98 Å². The van der Waals surface area contributed by atoms with Crippen LogP contribution in [-0.2, 0) is 6.54 Å². The third-order valence-corrected chi connectivity index (χ3v) is 1.46. The first kappa shape index (κ1) is 15.1. The van der Waals surface area contributed by atoms with E-state index in [9.17, 15) is 0 Å². The molecular weight excluding hydrogens is 321 g/mol. The summed E-state index contributed by atoms with van der Waals surface area (Å²) in [6, 6.07) is 0. The van der Waals surface area contributed by atoms with E-state index in [0.717, 1.165) is 0 Å². The molecule has 6 nitrogen and oxygen atoms in total. The van der Waals surface area contributed by atoms with Crippen LogP contribution in [0.3, 0.4) is 0 Å². The monoisotopic (exact) mass is 339 g/mol. The molecule has 1 heterocycles. The van der Waals surface area contributed by atoms with Crippen molar-refractivity contribution in [3.8, 4) is 0 Å². The zero-order valence-electron chi connectivity index (χ0n) is 9.94. The summed E-state index contributed by atoms with van der Waals surface area (Å²) in [7, 11) is 0. The average Bonchev–Trinajstić information content (AvgIpc) is 2.45. The van der Waals surface area contributed by atoms with Crippen LogP contribution in [0.25, 0.3) is 0 Å². The van der Waals surface area contributed by atoms with E-state index < -0.39 is 0 Å². The Balaban J connectivity index is 0.00000225. The van der Waals surface area contributed by atoms with Crippen LogP contribution in [0.15, 0.2) is 9.52 Å². The van der Waals surface area contributed by atoms with E-state index in [1.165, 1.54) is 0 Å². The zero-order chi connectivity index (χ0) is 11.5. The predicted molar refractivity (Wildman–Crippen MR) is 72.7 cm³/mol. The number of aryl methyl sites for hydroxylation is 1. The van der Waals surface area contributed by atoms with Crippen molar-refractivity contribution in [1.82, 2.24) is 15.5 Å². The Bertz CT molecular complexity index is 355. The van der Waals surface area contributed by atoms with Crippen molar-refractivity contribution in [2.24, 2.45) is 10.7 Å². The lowest BCUT2D eigenvalue weighted by Gasteiger charge is -2.20. The van der Waals surface area contributed by atoms with E-state index in [4.69, 9.17) is 10.3 Å². The van der Waals surface area contributed by atoms with Crippen LogP contribution in [0.5, 0.6) is 0 Å². The Kier molecular flexibility index (Phi) is 5.70. The predicted octanol–water partition coefficient (Wildman–Crippen LogP) is 1.20. The summed E-state index contributed by atoms with van der Waals surface area (Å²) in [5.74, 6) is 1.44. The molecule has 0 aliphatic heterocycles. The molecule has 1 aromatic rings. The van der Waals surface area contributed by atoms with Crippen molar-refractivity contribution in [3.63, 3.8) is 0 Å². The molecule has 0 aliphatic carbocycles. The lowest BCUT2D eigenvalue weighted by molar-refractivity contribution is 0.376. The van der Waals surface area contributed by atoms with Crippen LogP contribution in [0, 0.1) is 6.92 Å². The van der Waals surface area contributed by atoms with Crippen LogP contribution in [0.1, 0.15) is 32.5 Å². The average molecular weight is 339 g/mol. The summed E-state index contributed by atoms with van der Waals surface area (Å²) in [5.41, 5.74) is 5.56.